The molecular formula is C21H18N2O6S. The Bertz CT molecular complexity index is 1150. The van der Waals surface area contributed by atoms with Crippen LogP contribution in [0, 0.1) is 0 Å². The summed E-state index contributed by atoms with van der Waals surface area (Å²) in [5.41, 5.74) is 0.565. The number of sulfonamides is 1. The lowest BCUT2D eigenvalue weighted by Gasteiger charge is -2.09. The van der Waals surface area contributed by atoms with Crippen molar-refractivity contribution < 1.29 is 27.5 Å². The van der Waals surface area contributed by atoms with Crippen molar-refractivity contribution in [3.05, 3.63) is 84.4 Å². The Morgan fingerprint density at radius 1 is 0.867 bits per heavy atom. The van der Waals surface area contributed by atoms with E-state index in [1.54, 1.807) is 30.3 Å². The average Bonchev–Trinajstić information content (AvgIpc) is 2.73. The second kappa shape index (κ2) is 9.21. The van der Waals surface area contributed by atoms with Gasteiger partial charge in [-0.25, -0.2) is 18.4 Å². The second-order valence-electron chi connectivity index (χ2n) is 6.14. The van der Waals surface area contributed by atoms with Gasteiger partial charge in [-0.3, -0.25) is 4.79 Å². The number of hydrogen-bond donors (Lipinski definition) is 2. The molecule has 3 aromatic carbocycles. The summed E-state index contributed by atoms with van der Waals surface area (Å²) in [4.78, 5) is 24.1. The Kier molecular flexibility index (Phi) is 6.45. The fourth-order valence-electron chi connectivity index (χ4n) is 2.45. The molecule has 0 aliphatic heterocycles. The number of nitrogens with one attached hydrogen (secondary N) is 1. The number of primary sulfonamides is 1. The van der Waals surface area contributed by atoms with Crippen LogP contribution < -0.4 is 15.2 Å². The molecule has 0 fully saturated rings. The third-order valence-electron chi connectivity index (χ3n) is 3.85. The number of para-hydroxylation sites is 1. The van der Waals surface area contributed by atoms with E-state index in [-0.39, 0.29) is 10.5 Å². The van der Waals surface area contributed by atoms with Crippen LogP contribution in [0.15, 0.2) is 83.8 Å². The van der Waals surface area contributed by atoms with E-state index in [0.29, 0.717) is 17.2 Å². The molecule has 0 bridgehead atoms. The van der Waals surface area contributed by atoms with Gasteiger partial charge in [-0.15, -0.1) is 0 Å². The Labute approximate surface area is 173 Å². The first kappa shape index (κ1) is 21.0. The van der Waals surface area contributed by atoms with Crippen molar-refractivity contribution in [2.75, 3.05) is 11.9 Å². The summed E-state index contributed by atoms with van der Waals surface area (Å²) < 4.78 is 33.1. The molecule has 3 aromatic rings. The lowest BCUT2D eigenvalue weighted by molar-refractivity contribution is -0.119. The van der Waals surface area contributed by atoms with Crippen molar-refractivity contribution in [1.82, 2.24) is 0 Å². The number of anilines is 1. The molecule has 0 radical (unpaired) electrons. The monoisotopic (exact) mass is 426 g/mol. The van der Waals surface area contributed by atoms with Crippen LogP contribution in [0.1, 0.15) is 10.4 Å². The Morgan fingerprint density at radius 2 is 1.53 bits per heavy atom. The maximum absolute atomic E-state index is 12.2. The first-order valence-corrected chi connectivity index (χ1v) is 10.3. The summed E-state index contributed by atoms with van der Waals surface area (Å²) >= 11 is 0. The molecule has 3 rings (SSSR count). The number of ether oxygens (including phenoxy) is 2. The minimum absolute atomic E-state index is 0.0791. The van der Waals surface area contributed by atoms with E-state index < -0.39 is 28.5 Å². The maximum atomic E-state index is 12.2. The van der Waals surface area contributed by atoms with Gasteiger partial charge in [0.15, 0.2) is 6.61 Å². The standard InChI is InChI=1S/C21H18N2O6S/c22-30(26,27)19-11-9-16(10-12-19)23-20(24)14-28-21(25)15-5-4-8-18(13-15)29-17-6-2-1-3-7-17/h1-13H,14H2,(H,23,24)(H2,22,26,27). The summed E-state index contributed by atoms with van der Waals surface area (Å²) in [6.07, 6.45) is 0. The molecule has 0 atom stereocenters. The van der Waals surface area contributed by atoms with Gasteiger partial charge in [0.05, 0.1) is 10.5 Å². The molecule has 0 aromatic heterocycles. The van der Waals surface area contributed by atoms with Gasteiger partial charge in [-0.2, -0.15) is 0 Å². The van der Waals surface area contributed by atoms with Crippen molar-refractivity contribution in [2.45, 2.75) is 4.90 Å². The zero-order valence-corrected chi connectivity index (χ0v) is 16.5. The maximum Gasteiger partial charge on any atom is 0.338 e. The second-order valence-corrected chi connectivity index (χ2v) is 7.70. The number of carbonyl (C=O) groups is 2. The molecule has 8 nitrogen and oxygen atoms in total. The summed E-state index contributed by atoms with van der Waals surface area (Å²) in [7, 11) is -3.82. The normalized spacial score (nSPS) is 10.8. The van der Waals surface area contributed by atoms with Crippen LogP contribution in [0.3, 0.4) is 0 Å². The Balaban J connectivity index is 1.55. The number of carbonyl (C=O) groups excluding carboxylic acids is 2. The van der Waals surface area contributed by atoms with E-state index in [9.17, 15) is 18.0 Å². The third-order valence-corrected chi connectivity index (χ3v) is 4.78. The van der Waals surface area contributed by atoms with Crippen molar-refractivity contribution in [3.63, 3.8) is 0 Å². The number of hydrogen-bond acceptors (Lipinski definition) is 6. The molecule has 1 amide bonds. The molecule has 0 spiro atoms. The molecule has 0 aliphatic rings. The van der Waals surface area contributed by atoms with Gasteiger partial charge in [-0.05, 0) is 54.6 Å². The summed E-state index contributed by atoms with van der Waals surface area (Å²) in [6.45, 7) is -0.514. The van der Waals surface area contributed by atoms with E-state index in [1.165, 1.54) is 30.3 Å². The predicted octanol–water partition coefficient (Wildman–Crippen LogP) is 2.92. The fourth-order valence-corrected chi connectivity index (χ4v) is 2.97. The SMILES string of the molecule is NS(=O)(=O)c1ccc(NC(=O)COC(=O)c2cccc(Oc3ccccc3)c2)cc1. The molecule has 0 heterocycles. The first-order valence-electron chi connectivity index (χ1n) is 8.74. The van der Waals surface area contributed by atoms with Crippen LogP contribution in [0.25, 0.3) is 0 Å². The Hall–Kier alpha value is -3.69. The van der Waals surface area contributed by atoms with Gasteiger partial charge < -0.3 is 14.8 Å². The highest BCUT2D eigenvalue weighted by Crippen LogP contribution is 2.22. The first-order chi connectivity index (χ1) is 14.3. The van der Waals surface area contributed by atoms with E-state index >= 15 is 0 Å². The van der Waals surface area contributed by atoms with E-state index in [4.69, 9.17) is 14.6 Å². The average molecular weight is 426 g/mol. The van der Waals surface area contributed by atoms with Crippen molar-refractivity contribution in [1.29, 1.82) is 0 Å². The molecule has 30 heavy (non-hydrogen) atoms. The fraction of sp³-hybridized carbons (Fsp3) is 0.0476. The largest absolute Gasteiger partial charge is 0.457 e. The van der Waals surface area contributed by atoms with Gasteiger partial charge >= 0.3 is 5.97 Å². The lowest BCUT2D eigenvalue weighted by atomic mass is 10.2. The van der Waals surface area contributed by atoms with E-state index in [0.717, 1.165) is 0 Å². The molecule has 0 aliphatic carbocycles. The summed E-state index contributed by atoms with van der Waals surface area (Å²) in [5, 5.41) is 7.51. The van der Waals surface area contributed by atoms with Crippen LogP contribution >= 0.6 is 0 Å². The van der Waals surface area contributed by atoms with E-state index in [2.05, 4.69) is 5.32 Å². The van der Waals surface area contributed by atoms with Gasteiger partial charge in [0.2, 0.25) is 10.0 Å². The van der Waals surface area contributed by atoms with Crippen LogP contribution in [0.4, 0.5) is 5.69 Å². The molecular weight excluding hydrogens is 408 g/mol. The van der Waals surface area contributed by atoms with E-state index in [1.807, 2.05) is 18.2 Å². The number of benzene rings is 3. The van der Waals surface area contributed by atoms with Gasteiger partial charge in [0.25, 0.3) is 5.91 Å². The molecule has 154 valence electrons. The molecule has 0 unspecified atom stereocenters. The highest BCUT2D eigenvalue weighted by molar-refractivity contribution is 7.89. The van der Waals surface area contributed by atoms with Gasteiger partial charge in [0.1, 0.15) is 11.5 Å². The van der Waals surface area contributed by atoms with Crippen molar-refractivity contribution in [2.24, 2.45) is 5.14 Å². The zero-order valence-electron chi connectivity index (χ0n) is 15.6. The smallest absolute Gasteiger partial charge is 0.338 e. The van der Waals surface area contributed by atoms with Crippen molar-refractivity contribution in [3.8, 4) is 11.5 Å². The van der Waals surface area contributed by atoms with Gasteiger partial charge in [0, 0.05) is 5.69 Å². The summed E-state index contributed by atoms with van der Waals surface area (Å²) in [5.74, 6) is -0.192. The van der Waals surface area contributed by atoms with Crippen LogP contribution in [0.2, 0.25) is 0 Å². The summed E-state index contributed by atoms with van der Waals surface area (Å²) in [6, 6.07) is 20.8. The molecule has 0 saturated heterocycles. The molecule has 9 heteroatoms. The van der Waals surface area contributed by atoms with Crippen LogP contribution in [-0.2, 0) is 19.6 Å². The zero-order chi connectivity index (χ0) is 21.6. The third kappa shape index (κ3) is 5.90. The number of amides is 1. The molecule has 3 N–H and O–H groups in total. The molecule has 0 saturated carbocycles. The van der Waals surface area contributed by atoms with Gasteiger partial charge in [-0.1, -0.05) is 24.3 Å². The Morgan fingerprint density at radius 3 is 2.20 bits per heavy atom. The minimum atomic E-state index is -3.82. The highest BCUT2D eigenvalue weighted by Gasteiger charge is 2.12. The predicted molar refractivity (Wildman–Crippen MR) is 110 cm³/mol. The number of rotatable bonds is 7. The minimum Gasteiger partial charge on any atom is -0.457 e. The quantitative estimate of drug-likeness (QED) is 0.560. The number of esters is 1. The van der Waals surface area contributed by atoms with Crippen LogP contribution in [-0.4, -0.2) is 26.9 Å². The number of nitrogens with two attached hydrogens (primary N) is 1. The van der Waals surface area contributed by atoms with Crippen LogP contribution in [0.5, 0.6) is 11.5 Å². The topological polar surface area (TPSA) is 125 Å². The highest BCUT2D eigenvalue weighted by atomic mass is 32.2. The lowest BCUT2D eigenvalue weighted by Crippen LogP contribution is -2.21. The van der Waals surface area contributed by atoms with Crippen molar-refractivity contribution >= 4 is 27.6 Å².